The second-order valence-corrected chi connectivity index (χ2v) is 10.0. The largest absolute Gasteiger partial charge is 0.466 e. The number of carbonyl (C=O) groups excluding carboxylic acids is 4. The highest BCUT2D eigenvalue weighted by Gasteiger charge is 2.36. The first-order valence-corrected chi connectivity index (χ1v) is 12.6. The van der Waals surface area contributed by atoms with Crippen LogP contribution in [0.3, 0.4) is 0 Å². The summed E-state index contributed by atoms with van der Waals surface area (Å²) in [6.45, 7) is 12.9. The van der Waals surface area contributed by atoms with Crippen LogP contribution in [-0.4, -0.2) is 53.6 Å². The molecule has 0 aliphatic carbocycles. The molecule has 2 atom stereocenters. The molecule has 0 radical (unpaired) electrons. The minimum absolute atomic E-state index is 0.0133. The number of rotatable bonds is 12. The molecule has 1 rings (SSSR count). The number of nitrogens with zero attached hydrogens (tertiary/aromatic N) is 1. The van der Waals surface area contributed by atoms with Crippen LogP contribution in [0, 0.1) is 18.4 Å². The predicted molar refractivity (Wildman–Crippen MR) is 141 cm³/mol. The Morgan fingerprint density at radius 3 is 2.19 bits per heavy atom. The third-order valence-electron chi connectivity index (χ3n) is 5.22. The van der Waals surface area contributed by atoms with Crippen LogP contribution in [-0.2, 0) is 30.3 Å². The van der Waals surface area contributed by atoms with Crippen LogP contribution in [0.2, 0.25) is 0 Å². The van der Waals surface area contributed by atoms with Gasteiger partial charge in [0, 0.05) is 12.6 Å². The lowest BCUT2D eigenvalue weighted by atomic mass is 9.98. The predicted octanol–water partition coefficient (Wildman–Crippen LogP) is 3.72. The van der Waals surface area contributed by atoms with E-state index in [9.17, 15) is 19.2 Å². The maximum atomic E-state index is 13.7. The lowest BCUT2D eigenvalue weighted by Crippen LogP contribution is -2.52. The second-order valence-electron chi connectivity index (χ2n) is 10.0. The average Bonchev–Trinajstić information content (AvgIpc) is 2.80. The smallest absolute Gasteiger partial charge is 0.408 e. The van der Waals surface area contributed by atoms with Gasteiger partial charge in [-0.3, -0.25) is 19.3 Å². The normalized spacial score (nSPS) is 12.6. The van der Waals surface area contributed by atoms with Crippen LogP contribution >= 0.6 is 0 Å². The van der Waals surface area contributed by atoms with Crippen molar-refractivity contribution in [2.75, 3.05) is 13.2 Å². The molecule has 0 fully saturated rings. The van der Waals surface area contributed by atoms with Gasteiger partial charge in [0.1, 0.15) is 17.7 Å². The van der Waals surface area contributed by atoms with Crippen molar-refractivity contribution in [3.05, 3.63) is 35.4 Å². The van der Waals surface area contributed by atoms with Gasteiger partial charge in [-0.1, -0.05) is 51.5 Å². The van der Waals surface area contributed by atoms with Crippen molar-refractivity contribution in [3.8, 4) is 12.5 Å². The molecule has 0 spiro atoms. The van der Waals surface area contributed by atoms with E-state index in [1.54, 1.807) is 39.8 Å². The van der Waals surface area contributed by atoms with Crippen molar-refractivity contribution in [2.24, 2.45) is 5.92 Å². The first kappa shape index (κ1) is 31.5. The summed E-state index contributed by atoms with van der Waals surface area (Å²) >= 11 is 0. The van der Waals surface area contributed by atoms with Gasteiger partial charge in [0.25, 0.3) is 5.91 Å². The lowest BCUT2D eigenvalue weighted by Gasteiger charge is -2.31. The van der Waals surface area contributed by atoms with Gasteiger partial charge < -0.3 is 20.1 Å². The Kier molecular flexibility index (Phi) is 12.7. The summed E-state index contributed by atoms with van der Waals surface area (Å²) in [5, 5.41) is 5.29. The Hall–Kier alpha value is -3.54. The summed E-state index contributed by atoms with van der Waals surface area (Å²) < 4.78 is 10.2. The molecule has 0 aromatic heterocycles. The number of terminal acetylenes is 1. The molecule has 204 valence electrons. The Morgan fingerprint density at radius 2 is 1.70 bits per heavy atom. The van der Waals surface area contributed by atoms with E-state index >= 15 is 0 Å². The highest BCUT2D eigenvalue weighted by Crippen LogP contribution is 2.24. The van der Waals surface area contributed by atoms with Crippen LogP contribution in [0.1, 0.15) is 78.5 Å². The Bertz CT molecular complexity index is 960. The molecule has 0 aliphatic rings. The average molecular weight is 516 g/mol. The zero-order valence-corrected chi connectivity index (χ0v) is 23.1. The molecule has 0 saturated heterocycles. The van der Waals surface area contributed by atoms with E-state index in [1.165, 1.54) is 0 Å². The molecule has 2 unspecified atom stereocenters. The Labute approximate surface area is 220 Å². The highest BCUT2D eigenvalue weighted by atomic mass is 16.6. The number of alkyl carbamates (subject to hydrolysis) is 1. The SMILES string of the molecule is C#CN(C(=O)C(CC(C)C)NC(=O)OC(C)(C)C)C(C(=O)NCCC(=O)OCC)c1ccc(CC)cc1. The standard InChI is InChI=1S/C28H41N3O6/c1-9-20-12-14-21(15-13-20)24(25(33)29-17-16-23(32)36-11-3)31(10-2)26(34)22(18-19(4)5)30-27(35)37-28(6,7)8/h2,12-15,19,22,24H,9,11,16-18H2,1,3-8H3,(H,29,33)(H,30,35). The minimum atomic E-state index is -1.18. The monoisotopic (exact) mass is 515 g/mol. The van der Waals surface area contributed by atoms with Gasteiger partial charge in [-0.15, -0.1) is 0 Å². The Morgan fingerprint density at radius 1 is 1.08 bits per heavy atom. The first-order chi connectivity index (χ1) is 17.3. The Balaban J connectivity index is 3.30. The first-order valence-electron chi connectivity index (χ1n) is 12.6. The van der Waals surface area contributed by atoms with Crippen LogP contribution in [0.5, 0.6) is 0 Å². The van der Waals surface area contributed by atoms with E-state index in [2.05, 4.69) is 16.7 Å². The molecule has 37 heavy (non-hydrogen) atoms. The molecule has 1 aromatic carbocycles. The van der Waals surface area contributed by atoms with Crippen LogP contribution in [0.4, 0.5) is 4.79 Å². The maximum Gasteiger partial charge on any atom is 0.408 e. The summed E-state index contributed by atoms with van der Waals surface area (Å²) in [4.78, 5) is 52.2. The number of benzene rings is 1. The number of hydrogen-bond donors (Lipinski definition) is 2. The molecular weight excluding hydrogens is 474 g/mol. The summed E-state index contributed by atoms with van der Waals surface area (Å²) in [5.74, 6) is -1.59. The van der Waals surface area contributed by atoms with Crippen LogP contribution in [0.15, 0.2) is 24.3 Å². The molecule has 0 saturated carbocycles. The summed E-state index contributed by atoms with van der Waals surface area (Å²) in [6, 6.07) is 7.35. The summed E-state index contributed by atoms with van der Waals surface area (Å²) in [5.41, 5.74) is 0.787. The number of carbonyl (C=O) groups is 4. The zero-order valence-electron chi connectivity index (χ0n) is 23.1. The third kappa shape index (κ3) is 10.9. The number of amides is 3. The van der Waals surface area contributed by atoms with Crippen molar-refractivity contribution in [3.63, 3.8) is 0 Å². The summed E-state index contributed by atoms with van der Waals surface area (Å²) in [7, 11) is 0. The van der Waals surface area contributed by atoms with E-state index in [0.29, 0.717) is 5.56 Å². The van der Waals surface area contributed by atoms with Gasteiger partial charge in [0.15, 0.2) is 0 Å². The molecule has 0 bridgehead atoms. The zero-order chi connectivity index (χ0) is 28.2. The van der Waals surface area contributed by atoms with Crippen molar-refractivity contribution >= 4 is 23.9 Å². The molecule has 2 N–H and O–H groups in total. The van der Waals surface area contributed by atoms with Crippen LogP contribution in [0.25, 0.3) is 0 Å². The van der Waals surface area contributed by atoms with E-state index in [-0.39, 0.29) is 31.9 Å². The van der Waals surface area contributed by atoms with Crippen molar-refractivity contribution in [2.45, 2.75) is 85.4 Å². The van der Waals surface area contributed by atoms with E-state index in [0.717, 1.165) is 16.9 Å². The molecule has 1 aromatic rings. The van der Waals surface area contributed by atoms with Gasteiger partial charge in [0.05, 0.1) is 13.0 Å². The molecule has 9 nitrogen and oxygen atoms in total. The third-order valence-corrected chi connectivity index (χ3v) is 5.22. The fourth-order valence-electron chi connectivity index (χ4n) is 3.55. The number of esters is 1. The number of aryl methyl sites for hydroxylation is 1. The van der Waals surface area contributed by atoms with Crippen molar-refractivity contribution in [1.29, 1.82) is 0 Å². The molecule has 9 heteroatoms. The summed E-state index contributed by atoms with van der Waals surface area (Å²) in [6.07, 6.45) is 6.07. The molecule has 0 aliphatic heterocycles. The minimum Gasteiger partial charge on any atom is -0.466 e. The number of hydrogen-bond acceptors (Lipinski definition) is 6. The number of nitrogens with one attached hydrogen (secondary N) is 2. The van der Waals surface area contributed by atoms with E-state index in [4.69, 9.17) is 15.9 Å². The topological polar surface area (TPSA) is 114 Å². The lowest BCUT2D eigenvalue weighted by molar-refractivity contribution is -0.143. The van der Waals surface area contributed by atoms with E-state index in [1.807, 2.05) is 32.9 Å². The molecule has 3 amide bonds. The van der Waals surface area contributed by atoms with Gasteiger partial charge in [-0.2, -0.15) is 0 Å². The quantitative estimate of drug-likeness (QED) is 0.249. The van der Waals surface area contributed by atoms with Gasteiger partial charge in [0.2, 0.25) is 5.91 Å². The molecule has 0 heterocycles. The van der Waals surface area contributed by atoms with Crippen molar-refractivity contribution in [1.82, 2.24) is 15.5 Å². The fourth-order valence-corrected chi connectivity index (χ4v) is 3.55. The second kappa shape index (κ2) is 14.9. The van der Waals surface area contributed by atoms with Gasteiger partial charge >= 0.3 is 12.1 Å². The molecular formula is C28H41N3O6. The van der Waals surface area contributed by atoms with E-state index < -0.39 is 41.6 Å². The highest BCUT2D eigenvalue weighted by molar-refractivity contribution is 5.93. The fraction of sp³-hybridized carbons (Fsp3) is 0.571. The maximum absolute atomic E-state index is 13.7. The van der Waals surface area contributed by atoms with Crippen LogP contribution < -0.4 is 10.6 Å². The van der Waals surface area contributed by atoms with Gasteiger partial charge in [-0.05, 0) is 57.6 Å². The van der Waals surface area contributed by atoms with Gasteiger partial charge in [-0.25, -0.2) is 4.79 Å². The number of ether oxygens (including phenoxy) is 2. The van der Waals surface area contributed by atoms with Crippen molar-refractivity contribution < 1.29 is 28.7 Å².